The third-order valence-electron chi connectivity index (χ3n) is 2.88. The zero-order valence-electron chi connectivity index (χ0n) is 15.5. The fourth-order valence-electron chi connectivity index (χ4n) is 1.81. The molecule has 1 aromatic rings. The first-order valence-electron chi connectivity index (χ1n) is 7.95. The molecule has 0 aliphatic heterocycles. The van der Waals surface area contributed by atoms with E-state index in [0.29, 0.717) is 4.47 Å². The van der Waals surface area contributed by atoms with Gasteiger partial charge in [-0.05, 0) is 59.7 Å². The van der Waals surface area contributed by atoms with Crippen LogP contribution in [-0.2, 0) is 14.3 Å². The van der Waals surface area contributed by atoms with Crippen molar-refractivity contribution >= 4 is 27.8 Å². The monoisotopic (exact) mass is 415 g/mol. The van der Waals surface area contributed by atoms with E-state index in [1.54, 1.807) is 26.8 Å². The number of carbonyl (C=O) groups excluding carboxylic acids is 2. The number of ether oxygens (including phenoxy) is 2. The minimum atomic E-state index is -0.992. The number of carbonyl (C=O) groups is 2. The maximum atomic E-state index is 12.4. The Morgan fingerprint density at radius 2 is 1.76 bits per heavy atom. The molecule has 1 aromatic carbocycles. The molecule has 0 aliphatic rings. The molecule has 1 atom stereocenters. The van der Waals surface area contributed by atoms with Gasteiger partial charge in [-0.1, -0.05) is 15.9 Å². The van der Waals surface area contributed by atoms with Gasteiger partial charge in [-0.3, -0.25) is 4.79 Å². The van der Waals surface area contributed by atoms with Crippen molar-refractivity contribution in [3.8, 4) is 5.75 Å². The van der Waals surface area contributed by atoms with Crippen LogP contribution in [-0.4, -0.2) is 40.8 Å². The van der Waals surface area contributed by atoms with Gasteiger partial charge in [-0.2, -0.15) is 0 Å². The SMILES string of the molecule is CC(C)(C)OCC(NC(=O)c1ccc(Br)cc1O)C(=O)OC(C)(C)C. The second-order valence-corrected chi connectivity index (χ2v) is 8.56. The molecule has 7 heteroatoms. The lowest BCUT2D eigenvalue weighted by Gasteiger charge is -2.27. The number of rotatable bonds is 5. The molecule has 0 spiro atoms. The van der Waals surface area contributed by atoms with Gasteiger partial charge in [0.05, 0.1) is 17.8 Å². The number of esters is 1. The van der Waals surface area contributed by atoms with Crippen LogP contribution in [0.15, 0.2) is 22.7 Å². The van der Waals surface area contributed by atoms with Crippen LogP contribution in [0.2, 0.25) is 0 Å². The van der Waals surface area contributed by atoms with Gasteiger partial charge >= 0.3 is 5.97 Å². The standard InChI is InChI=1S/C18H26BrNO5/c1-17(2,3)24-10-13(16(23)25-18(4,5)6)20-15(22)12-8-7-11(19)9-14(12)21/h7-9,13,21H,10H2,1-6H3,(H,20,22). The van der Waals surface area contributed by atoms with Crippen molar-refractivity contribution in [2.45, 2.75) is 58.8 Å². The minimum Gasteiger partial charge on any atom is -0.507 e. The highest BCUT2D eigenvalue weighted by Crippen LogP contribution is 2.22. The Morgan fingerprint density at radius 1 is 1.16 bits per heavy atom. The van der Waals surface area contributed by atoms with E-state index in [2.05, 4.69) is 21.2 Å². The normalized spacial score (nSPS) is 13.2. The fourth-order valence-corrected chi connectivity index (χ4v) is 2.16. The Labute approximate surface area is 157 Å². The van der Waals surface area contributed by atoms with Crippen molar-refractivity contribution in [1.29, 1.82) is 0 Å². The molecule has 0 saturated carbocycles. The van der Waals surface area contributed by atoms with Crippen molar-refractivity contribution in [2.24, 2.45) is 0 Å². The lowest BCUT2D eigenvalue weighted by molar-refractivity contribution is -0.160. The zero-order chi connectivity index (χ0) is 19.4. The first-order valence-corrected chi connectivity index (χ1v) is 8.74. The number of halogens is 1. The first kappa shape index (κ1) is 21.4. The lowest BCUT2D eigenvalue weighted by atomic mass is 10.1. The average Bonchev–Trinajstić information content (AvgIpc) is 2.40. The van der Waals surface area contributed by atoms with E-state index in [-0.39, 0.29) is 17.9 Å². The van der Waals surface area contributed by atoms with Crippen LogP contribution < -0.4 is 5.32 Å². The highest BCUT2D eigenvalue weighted by Gasteiger charge is 2.29. The summed E-state index contributed by atoms with van der Waals surface area (Å²) in [6.07, 6.45) is 0. The summed E-state index contributed by atoms with van der Waals surface area (Å²) in [7, 11) is 0. The lowest BCUT2D eigenvalue weighted by Crippen LogP contribution is -2.48. The molecule has 0 heterocycles. The van der Waals surface area contributed by atoms with Crippen molar-refractivity contribution in [1.82, 2.24) is 5.32 Å². The molecule has 0 aromatic heterocycles. The third kappa shape index (κ3) is 7.88. The van der Waals surface area contributed by atoms with Gasteiger partial charge in [0.1, 0.15) is 11.4 Å². The number of hydrogen-bond donors (Lipinski definition) is 2. The number of nitrogens with one attached hydrogen (secondary N) is 1. The Hall–Kier alpha value is -1.60. The highest BCUT2D eigenvalue weighted by molar-refractivity contribution is 9.10. The van der Waals surface area contributed by atoms with Crippen LogP contribution in [0.4, 0.5) is 0 Å². The predicted molar refractivity (Wildman–Crippen MR) is 98.6 cm³/mol. The topological polar surface area (TPSA) is 84.9 Å². The maximum Gasteiger partial charge on any atom is 0.331 e. The molecule has 0 saturated heterocycles. The number of amides is 1. The quantitative estimate of drug-likeness (QED) is 0.719. The first-order chi connectivity index (χ1) is 11.3. The van der Waals surface area contributed by atoms with E-state index in [0.717, 1.165) is 0 Å². The molecule has 1 unspecified atom stereocenters. The molecule has 25 heavy (non-hydrogen) atoms. The summed E-state index contributed by atoms with van der Waals surface area (Å²) >= 11 is 3.21. The second-order valence-electron chi connectivity index (χ2n) is 7.64. The Bertz CT molecular complexity index is 631. The smallest absolute Gasteiger partial charge is 0.331 e. The number of phenols is 1. The van der Waals surface area contributed by atoms with E-state index in [1.807, 2.05) is 20.8 Å². The van der Waals surface area contributed by atoms with E-state index < -0.39 is 29.1 Å². The van der Waals surface area contributed by atoms with Crippen molar-refractivity contribution in [2.75, 3.05) is 6.61 Å². The molecule has 0 radical (unpaired) electrons. The Kier molecular flexibility index (Phi) is 7.02. The van der Waals surface area contributed by atoms with Crippen LogP contribution in [0.1, 0.15) is 51.9 Å². The van der Waals surface area contributed by atoms with E-state index in [1.165, 1.54) is 12.1 Å². The summed E-state index contributed by atoms with van der Waals surface area (Å²) < 4.78 is 11.6. The van der Waals surface area contributed by atoms with Gasteiger partial charge in [0.2, 0.25) is 0 Å². The summed E-state index contributed by atoms with van der Waals surface area (Å²) in [5.41, 5.74) is -1.11. The van der Waals surface area contributed by atoms with Gasteiger partial charge in [0.15, 0.2) is 6.04 Å². The average molecular weight is 416 g/mol. The summed E-state index contributed by atoms with van der Waals surface area (Å²) in [5, 5.41) is 12.5. The van der Waals surface area contributed by atoms with Crippen molar-refractivity contribution in [3.05, 3.63) is 28.2 Å². The summed E-state index contributed by atoms with van der Waals surface area (Å²) in [4.78, 5) is 24.8. The van der Waals surface area contributed by atoms with Gasteiger partial charge < -0.3 is 19.9 Å². The van der Waals surface area contributed by atoms with Gasteiger partial charge in [0.25, 0.3) is 5.91 Å². The molecular weight excluding hydrogens is 390 g/mol. The number of phenolic OH excluding ortho intramolecular Hbond substituents is 1. The van der Waals surface area contributed by atoms with Crippen molar-refractivity contribution < 1.29 is 24.2 Å². The summed E-state index contributed by atoms with van der Waals surface area (Å²) in [5.74, 6) is -1.37. The number of aromatic hydroxyl groups is 1. The van der Waals surface area contributed by atoms with Gasteiger partial charge in [-0.25, -0.2) is 4.79 Å². The highest BCUT2D eigenvalue weighted by atomic mass is 79.9. The fraction of sp³-hybridized carbons (Fsp3) is 0.556. The number of benzene rings is 1. The van der Waals surface area contributed by atoms with E-state index in [4.69, 9.17) is 9.47 Å². The molecule has 0 bridgehead atoms. The summed E-state index contributed by atoms with van der Waals surface area (Å²) in [6.45, 7) is 10.7. The van der Waals surface area contributed by atoms with Crippen molar-refractivity contribution in [3.63, 3.8) is 0 Å². The maximum absolute atomic E-state index is 12.4. The largest absolute Gasteiger partial charge is 0.507 e. The van der Waals surface area contributed by atoms with Crippen LogP contribution in [0.3, 0.4) is 0 Å². The van der Waals surface area contributed by atoms with Crippen LogP contribution in [0.25, 0.3) is 0 Å². The molecule has 0 aliphatic carbocycles. The second kappa shape index (κ2) is 8.19. The molecule has 2 N–H and O–H groups in total. The zero-order valence-corrected chi connectivity index (χ0v) is 17.1. The molecule has 1 rings (SSSR count). The van der Waals surface area contributed by atoms with Crippen LogP contribution >= 0.6 is 15.9 Å². The predicted octanol–water partition coefficient (Wildman–Crippen LogP) is 3.41. The van der Waals surface area contributed by atoms with Crippen LogP contribution in [0.5, 0.6) is 5.75 Å². The van der Waals surface area contributed by atoms with E-state index in [9.17, 15) is 14.7 Å². The Balaban J connectivity index is 2.94. The van der Waals surface area contributed by atoms with Gasteiger partial charge in [0, 0.05) is 4.47 Å². The number of hydrogen-bond acceptors (Lipinski definition) is 5. The minimum absolute atomic E-state index is 0.0402. The molecule has 140 valence electrons. The molecule has 6 nitrogen and oxygen atoms in total. The molecule has 1 amide bonds. The van der Waals surface area contributed by atoms with E-state index >= 15 is 0 Å². The molecule has 0 fully saturated rings. The summed E-state index contributed by atoms with van der Waals surface area (Å²) in [6, 6.07) is 3.51. The van der Waals surface area contributed by atoms with Crippen LogP contribution in [0, 0.1) is 0 Å². The molecular formula is C18H26BrNO5. The van der Waals surface area contributed by atoms with Gasteiger partial charge in [-0.15, -0.1) is 0 Å². The third-order valence-corrected chi connectivity index (χ3v) is 3.38. The Morgan fingerprint density at radius 3 is 2.24 bits per heavy atom.